The van der Waals surface area contributed by atoms with E-state index in [0.29, 0.717) is 11.3 Å². The van der Waals surface area contributed by atoms with Crippen LogP contribution in [-0.2, 0) is 9.59 Å². The summed E-state index contributed by atoms with van der Waals surface area (Å²) in [6.45, 7) is 7.67. The highest BCUT2D eigenvalue weighted by molar-refractivity contribution is 6.36. The zero-order valence-corrected chi connectivity index (χ0v) is 15.0. The Hall–Kier alpha value is -2.88. The molecule has 1 heterocycles. The predicted molar refractivity (Wildman–Crippen MR) is 99.9 cm³/mol. The number of nitrogens with zero attached hydrogens (tertiary/aromatic N) is 1. The van der Waals surface area contributed by atoms with Gasteiger partial charge in [0.1, 0.15) is 5.70 Å². The second-order valence-electron chi connectivity index (χ2n) is 6.68. The van der Waals surface area contributed by atoms with Crippen LogP contribution in [0.2, 0.25) is 0 Å². The van der Waals surface area contributed by atoms with E-state index in [-0.39, 0.29) is 17.9 Å². The Morgan fingerprint density at radius 1 is 0.880 bits per heavy atom. The van der Waals surface area contributed by atoms with Crippen LogP contribution in [0.3, 0.4) is 0 Å². The second kappa shape index (κ2) is 6.55. The van der Waals surface area contributed by atoms with Crippen LogP contribution in [0.4, 0.5) is 5.69 Å². The number of amides is 2. The molecule has 0 bridgehead atoms. The summed E-state index contributed by atoms with van der Waals surface area (Å²) < 4.78 is 0. The molecule has 25 heavy (non-hydrogen) atoms. The molecule has 0 fully saturated rings. The van der Waals surface area contributed by atoms with Crippen molar-refractivity contribution >= 4 is 23.1 Å². The highest BCUT2D eigenvalue weighted by atomic mass is 16.2. The average molecular weight is 334 g/mol. The summed E-state index contributed by atoms with van der Waals surface area (Å²) in [7, 11) is 0. The van der Waals surface area contributed by atoms with Gasteiger partial charge in [0, 0.05) is 11.7 Å². The van der Waals surface area contributed by atoms with Crippen LogP contribution in [0.15, 0.2) is 54.2 Å². The Labute approximate surface area is 148 Å². The highest BCUT2D eigenvalue weighted by Gasteiger charge is 2.40. The van der Waals surface area contributed by atoms with Crippen molar-refractivity contribution in [2.75, 3.05) is 5.32 Å². The maximum absolute atomic E-state index is 12.9. The van der Waals surface area contributed by atoms with E-state index < -0.39 is 0 Å². The minimum atomic E-state index is -0.280. The molecular weight excluding hydrogens is 312 g/mol. The molecule has 0 aliphatic carbocycles. The smallest absolute Gasteiger partial charge is 0.278 e. The SMILES string of the molecule is Cc1ccc(C2=C(Nc3cccc(C)c3)C(=O)N(C(C)C)C2=O)cc1. The number of hydrogen-bond donors (Lipinski definition) is 1. The zero-order chi connectivity index (χ0) is 18.1. The molecule has 0 saturated carbocycles. The van der Waals surface area contributed by atoms with Gasteiger partial charge in [-0.05, 0) is 51.0 Å². The molecule has 0 atom stereocenters. The number of nitrogens with one attached hydrogen (secondary N) is 1. The van der Waals surface area contributed by atoms with E-state index in [1.807, 2.05) is 76.2 Å². The predicted octanol–water partition coefficient (Wildman–Crippen LogP) is 3.90. The lowest BCUT2D eigenvalue weighted by Gasteiger charge is -2.19. The molecule has 0 aromatic heterocycles. The topological polar surface area (TPSA) is 49.4 Å². The molecule has 128 valence electrons. The summed E-state index contributed by atoms with van der Waals surface area (Å²) in [5.74, 6) is -0.531. The molecule has 0 radical (unpaired) electrons. The fourth-order valence-electron chi connectivity index (χ4n) is 2.99. The van der Waals surface area contributed by atoms with Gasteiger partial charge in [-0.25, -0.2) is 0 Å². The molecule has 3 rings (SSSR count). The lowest BCUT2D eigenvalue weighted by atomic mass is 10.0. The van der Waals surface area contributed by atoms with Crippen molar-refractivity contribution in [1.29, 1.82) is 0 Å². The minimum absolute atomic E-state index is 0.197. The van der Waals surface area contributed by atoms with Crippen molar-refractivity contribution in [2.45, 2.75) is 33.7 Å². The van der Waals surface area contributed by atoms with E-state index in [1.54, 1.807) is 0 Å². The van der Waals surface area contributed by atoms with Crippen molar-refractivity contribution in [3.63, 3.8) is 0 Å². The first kappa shape index (κ1) is 17.0. The fourth-order valence-corrected chi connectivity index (χ4v) is 2.99. The largest absolute Gasteiger partial charge is 0.350 e. The molecule has 0 spiro atoms. The maximum Gasteiger partial charge on any atom is 0.278 e. The first-order chi connectivity index (χ1) is 11.9. The molecule has 0 saturated heterocycles. The number of benzene rings is 2. The van der Waals surface area contributed by atoms with Crippen molar-refractivity contribution < 1.29 is 9.59 Å². The zero-order valence-electron chi connectivity index (χ0n) is 15.0. The van der Waals surface area contributed by atoms with Gasteiger partial charge in [-0.15, -0.1) is 0 Å². The van der Waals surface area contributed by atoms with Crippen LogP contribution in [0.25, 0.3) is 5.57 Å². The summed E-state index contributed by atoms with van der Waals surface area (Å²) in [5.41, 5.74) is 4.51. The summed E-state index contributed by atoms with van der Waals surface area (Å²) in [5, 5.41) is 3.18. The van der Waals surface area contributed by atoms with E-state index in [2.05, 4.69) is 5.32 Å². The van der Waals surface area contributed by atoms with Gasteiger partial charge in [-0.1, -0.05) is 42.0 Å². The number of aryl methyl sites for hydroxylation is 2. The van der Waals surface area contributed by atoms with Crippen LogP contribution in [-0.4, -0.2) is 22.8 Å². The van der Waals surface area contributed by atoms with E-state index in [4.69, 9.17) is 0 Å². The van der Waals surface area contributed by atoms with Gasteiger partial charge in [0.2, 0.25) is 0 Å². The average Bonchev–Trinajstić information content (AvgIpc) is 2.79. The number of carbonyl (C=O) groups excluding carboxylic acids is 2. The third kappa shape index (κ3) is 3.20. The van der Waals surface area contributed by atoms with Crippen molar-refractivity contribution in [1.82, 2.24) is 4.90 Å². The van der Waals surface area contributed by atoms with Gasteiger partial charge in [0.15, 0.2) is 0 Å². The van der Waals surface area contributed by atoms with Gasteiger partial charge in [-0.3, -0.25) is 14.5 Å². The number of anilines is 1. The molecule has 1 aliphatic heterocycles. The van der Waals surface area contributed by atoms with Crippen LogP contribution >= 0.6 is 0 Å². The Morgan fingerprint density at radius 3 is 2.16 bits per heavy atom. The van der Waals surface area contributed by atoms with Crippen molar-refractivity contribution in [2.24, 2.45) is 0 Å². The second-order valence-corrected chi connectivity index (χ2v) is 6.68. The van der Waals surface area contributed by atoms with Gasteiger partial charge < -0.3 is 5.32 Å². The molecular formula is C21H22N2O2. The number of imide groups is 1. The number of rotatable bonds is 4. The maximum atomic E-state index is 12.9. The Balaban J connectivity index is 2.10. The molecule has 2 aromatic carbocycles. The van der Waals surface area contributed by atoms with Crippen LogP contribution in [0, 0.1) is 13.8 Å². The lowest BCUT2D eigenvalue weighted by molar-refractivity contribution is -0.138. The third-order valence-electron chi connectivity index (χ3n) is 4.26. The Morgan fingerprint density at radius 2 is 1.56 bits per heavy atom. The number of carbonyl (C=O) groups is 2. The first-order valence-corrected chi connectivity index (χ1v) is 8.41. The Kier molecular flexibility index (Phi) is 4.45. The van der Waals surface area contributed by atoms with E-state index >= 15 is 0 Å². The summed E-state index contributed by atoms with van der Waals surface area (Å²) in [4.78, 5) is 27.1. The fraction of sp³-hybridized carbons (Fsp3) is 0.238. The first-order valence-electron chi connectivity index (χ1n) is 8.41. The van der Waals surface area contributed by atoms with Gasteiger partial charge in [0.25, 0.3) is 11.8 Å². The molecule has 1 aliphatic rings. The standard InChI is InChI=1S/C21H22N2O2/c1-13(2)23-20(24)18(16-10-8-14(3)9-11-16)19(21(23)25)22-17-7-5-6-15(4)12-17/h5-13,22H,1-4H3. The summed E-state index contributed by atoms with van der Waals surface area (Å²) in [6, 6.07) is 15.2. The molecule has 0 unspecified atom stereocenters. The number of hydrogen-bond acceptors (Lipinski definition) is 3. The van der Waals surface area contributed by atoms with Crippen LogP contribution in [0.1, 0.15) is 30.5 Å². The van der Waals surface area contributed by atoms with Gasteiger partial charge in [-0.2, -0.15) is 0 Å². The van der Waals surface area contributed by atoms with Crippen molar-refractivity contribution in [3.05, 3.63) is 70.9 Å². The van der Waals surface area contributed by atoms with Gasteiger partial charge >= 0.3 is 0 Å². The normalized spacial score (nSPS) is 14.7. The molecule has 2 amide bonds. The third-order valence-corrected chi connectivity index (χ3v) is 4.26. The van der Waals surface area contributed by atoms with Gasteiger partial charge in [0.05, 0.1) is 5.57 Å². The van der Waals surface area contributed by atoms with Crippen LogP contribution in [0.5, 0.6) is 0 Å². The summed E-state index contributed by atoms with van der Waals surface area (Å²) in [6.07, 6.45) is 0. The van der Waals surface area contributed by atoms with E-state index in [9.17, 15) is 9.59 Å². The molecule has 2 aromatic rings. The Bertz CT molecular complexity index is 864. The molecule has 1 N–H and O–H groups in total. The molecule has 4 nitrogen and oxygen atoms in total. The lowest BCUT2D eigenvalue weighted by Crippen LogP contribution is -2.38. The molecule has 4 heteroatoms. The minimum Gasteiger partial charge on any atom is -0.350 e. The van der Waals surface area contributed by atoms with E-state index in [1.165, 1.54) is 4.90 Å². The monoisotopic (exact) mass is 334 g/mol. The van der Waals surface area contributed by atoms with Crippen molar-refractivity contribution in [3.8, 4) is 0 Å². The van der Waals surface area contributed by atoms with Crippen LogP contribution < -0.4 is 5.32 Å². The highest BCUT2D eigenvalue weighted by Crippen LogP contribution is 2.31. The summed E-state index contributed by atoms with van der Waals surface area (Å²) >= 11 is 0. The quantitative estimate of drug-likeness (QED) is 0.863. The van der Waals surface area contributed by atoms with E-state index in [0.717, 1.165) is 22.4 Å².